The summed E-state index contributed by atoms with van der Waals surface area (Å²) in [4.78, 5) is 34.4. The molecular weight excluding hydrogens is 396 g/mol. The molecule has 28 heavy (non-hydrogen) atoms. The number of alkyl halides is 2. The lowest BCUT2D eigenvalue weighted by Crippen LogP contribution is -2.21. The van der Waals surface area contributed by atoms with E-state index in [4.69, 9.17) is 4.74 Å². The van der Waals surface area contributed by atoms with Crippen molar-refractivity contribution in [3.05, 3.63) is 59.7 Å². The topological polar surface area (TPSA) is 107 Å². The normalized spacial score (nSPS) is 11.1. The lowest BCUT2D eigenvalue weighted by Gasteiger charge is -2.08. The average molecular weight is 411 g/mol. The molecule has 1 amide bonds. The molecule has 0 radical (unpaired) electrons. The average Bonchev–Trinajstić information content (AvgIpc) is 2.66. The van der Waals surface area contributed by atoms with Crippen LogP contribution in [0, 0.1) is 0 Å². The predicted molar refractivity (Wildman–Crippen MR) is 95.0 cm³/mol. The Labute approximate surface area is 159 Å². The van der Waals surface area contributed by atoms with Crippen LogP contribution in [0.1, 0.15) is 27.6 Å². The third-order valence-corrected chi connectivity index (χ3v) is 4.94. The summed E-state index contributed by atoms with van der Waals surface area (Å²) >= 11 is 0. The minimum absolute atomic E-state index is 0.111. The molecule has 0 atom stereocenters. The first kappa shape index (κ1) is 21.2. The molecule has 0 spiro atoms. The minimum Gasteiger partial charge on any atom is -0.452 e. The van der Waals surface area contributed by atoms with Gasteiger partial charge in [-0.3, -0.25) is 9.59 Å². The van der Waals surface area contributed by atoms with Crippen LogP contribution in [0.3, 0.4) is 0 Å². The van der Waals surface area contributed by atoms with Crippen LogP contribution >= 0.6 is 0 Å². The van der Waals surface area contributed by atoms with Crippen molar-refractivity contribution in [1.82, 2.24) is 0 Å². The van der Waals surface area contributed by atoms with Crippen LogP contribution in [0.2, 0.25) is 0 Å². The van der Waals surface area contributed by atoms with E-state index < -0.39 is 39.0 Å². The Morgan fingerprint density at radius 2 is 1.68 bits per heavy atom. The number of hydrogen-bond acceptors (Lipinski definition) is 6. The van der Waals surface area contributed by atoms with E-state index in [2.05, 4.69) is 5.32 Å². The highest BCUT2D eigenvalue weighted by Crippen LogP contribution is 2.19. The maximum Gasteiger partial charge on any atom is 0.341 e. The SMILES string of the molecule is CC(=O)c1cccc(NC(=O)COC(=O)c2ccc(S(=O)(=O)C(F)F)cc2)c1. The van der Waals surface area contributed by atoms with E-state index >= 15 is 0 Å². The van der Waals surface area contributed by atoms with E-state index in [0.717, 1.165) is 24.3 Å². The summed E-state index contributed by atoms with van der Waals surface area (Å²) in [5.41, 5.74) is 0.628. The fourth-order valence-electron chi connectivity index (χ4n) is 2.11. The lowest BCUT2D eigenvalue weighted by molar-refractivity contribution is -0.119. The molecule has 0 unspecified atom stereocenters. The molecule has 0 heterocycles. The minimum atomic E-state index is -4.76. The van der Waals surface area contributed by atoms with E-state index in [-0.39, 0.29) is 11.3 Å². The Morgan fingerprint density at radius 1 is 1.04 bits per heavy atom. The second kappa shape index (κ2) is 8.70. The Kier molecular flexibility index (Phi) is 6.57. The van der Waals surface area contributed by atoms with Crippen LogP contribution in [0.4, 0.5) is 14.5 Å². The molecule has 2 aromatic rings. The van der Waals surface area contributed by atoms with Gasteiger partial charge < -0.3 is 10.1 Å². The lowest BCUT2D eigenvalue weighted by atomic mass is 10.1. The number of rotatable bonds is 7. The third-order valence-electron chi connectivity index (χ3n) is 3.54. The molecule has 148 valence electrons. The molecule has 1 N–H and O–H groups in total. The number of carbonyl (C=O) groups is 3. The molecule has 0 fully saturated rings. The number of ether oxygens (including phenoxy) is 1. The molecule has 0 aliphatic carbocycles. The smallest absolute Gasteiger partial charge is 0.341 e. The first-order valence-electron chi connectivity index (χ1n) is 7.81. The Bertz CT molecular complexity index is 1000. The number of carbonyl (C=O) groups excluding carboxylic acids is 3. The van der Waals surface area contributed by atoms with Gasteiger partial charge in [-0.25, -0.2) is 13.2 Å². The van der Waals surface area contributed by atoms with Crippen LogP contribution in [0.5, 0.6) is 0 Å². The monoisotopic (exact) mass is 411 g/mol. The van der Waals surface area contributed by atoms with E-state index in [1.807, 2.05) is 0 Å². The summed E-state index contributed by atoms with van der Waals surface area (Å²) < 4.78 is 52.4. The van der Waals surface area contributed by atoms with Crippen molar-refractivity contribution in [1.29, 1.82) is 0 Å². The Morgan fingerprint density at radius 3 is 2.25 bits per heavy atom. The molecular formula is C18H15F2NO6S. The van der Waals surface area contributed by atoms with Crippen LogP contribution in [-0.2, 0) is 19.4 Å². The molecule has 2 rings (SSSR count). The molecule has 0 aliphatic rings. The van der Waals surface area contributed by atoms with Crippen molar-refractivity contribution in [2.45, 2.75) is 17.6 Å². The number of amides is 1. The highest BCUT2D eigenvalue weighted by Gasteiger charge is 2.26. The number of benzene rings is 2. The van der Waals surface area contributed by atoms with Crippen molar-refractivity contribution < 1.29 is 36.3 Å². The zero-order chi connectivity index (χ0) is 20.9. The van der Waals surface area contributed by atoms with Gasteiger partial charge in [-0.1, -0.05) is 12.1 Å². The molecule has 0 saturated heterocycles. The maximum atomic E-state index is 12.5. The molecule has 0 bridgehead atoms. The zero-order valence-corrected chi connectivity index (χ0v) is 15.3. The van der Waals surface area contributed by atoms with Gasteiger partial charge in [0.05, 0.1) is 10.5 Å². The second-order valence-electron chi connectivity index (χ2n) is 5.59. The number of halogens is 2. The van der Waals surface area contributed by atoms with Gasteiger partial charge in [-0.05, 0) is 43.3 Å². The summed E-state index contributed by atoms with van der Waals surface area (Å²) in [5.74, 6) is -5.35. The maximum absolute atomic E-state index is 12.5. The van der Waals surface area contributed by atoms with Crippen molar-refractivity contribution >= 4 is 33.2 Å². The number of nitrogens with one attached hydrogen (secondary N) is 1. The number of Topliss-reactive ketones (excluding diaryl/α,β-unsaturated/α-hetero) is 1. The van der Waals surface area contributed by atoms with Crippen LogP contribution in [-0.4, -0.2) is 38.4 Å². The Balaban J connectivity index is 1.95. The highest BCUT2D eigenvalue weighted by molar-refractivity contribution is 7.91. The zero-order valence-electron chi connectivity index (χ0n) is 14.5. The summed E-state index contributed by atoms with van der Waals surface area (Å²) in [6, 6.07) is 9.89. The van der Waals surface area contributed by atoms with E-state index in [1.165, 1.54) is 13.0 Å². The summed E-state index contributed by atoms with van der Waals surface area (Å²) in [6.45, 7) is 0.737. The van der Waals surface area contributed by atoms with Crippen molar-refractivity contribution in [3.8, 4) is 0 Å². The summed E-state index contributed by atoms with van der Waals surface area (Å²) in [5, 5.41) is 2.45. The van der Waals surface area contributed by atoms with Gasteiger partial charge in [0.1, 0.15) is 0 Å². The van der Waals surface area contributed by atoms with Crippen molar-refractivity contribution in [2.75, 3.05) is 11.9 Å². The molecule has 2 aromatic carbocycles. The van der Waals surface area contributed by atoms with Crippen molar-refractivity contribution in [2.24, 2.45) is 0 Å². The van der Waals surface area contributed by atoms with E-state index in [1.54, 1.807) is 18.2 Å². The van der Waals surface area contributed by atoms with Gasteiger partial charge >= 0.3 is 11.7 Å². The number of anilines is 1. The highest BCUT2D eigenvalue weighted by atomic mass is 32.2. The number of esters is 1. The fourth-order valence-corrected chi connectivity index (χ4v) is 2.83. The van der Waals surface area contributed by atoms with Crippen molar-refractivity contribution in [3.63, 3.8) is 0 Å². The number of hydrogen-bond donors (Lipinski definition) is 1. The third kappa shape index (κ3) is 5.19. The van der Waals surface area contributed by atoms with Gasteiger partial charge in [0.25, 0.3) is 5.91 Å². The van der Waals surface area contributed by atoms with Gasteiger partial charge in [0, 0.05) is 11.3 Å². The Hall–Kier alpha value is -3.14. The first-order chi connectivity index (χ1) is 13.1. The predicted octanol–water partition coefficient (Wildman–Crippen LogP) is 2.68. The van der Waals surface area contributed by atoms with Crippen LogP contribution in [0.25, 0.3) is 0 Å². The molecule has 0 aliphatic heterocycles. The van der Waals surface area contributed by atoms with E-state index in [0.29, 0.717) is 11.3 Å². The van der Waals surface area contributed by atoms with Gasteiger partial charge in [-0.15, -0.1) is 0 Å². The number of sulfone groups is 1. The first-order valence-corrected chi connectivity index (χ1v) is 9.36. The number of ketones is 1. The molecule has 7 nitrogen and oxygen atoms in total. The van der Waals surface area contributed by atoms with Gasteiger partial charge in [0.15, 0.2) is 12.4 Å². The summed E-state index contributed by atoms with van der Waals surface area (Å²) in [6.07, 6.45) is 0. The quantitative estimate of drug-likeness (QED) is 0.555. The molecule has 10 heteroatoms. The summed E-state index contributed by atoms with van der Waals surface area (Å²) in [7, 11) is -4.76. The largest absolute Gasteiger partial charge is 0.452 e. The van der Waals surface area contributed by atoms with Gasteiger partial charge in [0.2, 0.25) is 9.84 Å². The molecule has 0 saturated carbocycles. The van der Waals surface area contributed by atoms with Crippen LogP contribution in [0.15, 0.2) is 53.4 Å². The van der Waals surface area contributed by atoms with E-state index in [9.17, 15) is 31.6 Å². The standard InChI is InChI=1S/C18H15F2NO6S/c1-11(22)13-3-2-4-14(9-13)21-16(23)10-27-17(24)12-5-7-15(8-6-12)28(25,26)18(19)20/h2-9,18H,10H2,1H3,(H,21,23). The fraction of sp³-hybridized carbons (Fsp3) is 0.167. The second-order valence-corrected chi connectivity index (χ2v) is 7.51. The van der Waals surface area contributed by atoms with Gasteiger partial charge in [-0.2, -0.15) is 8.78 Å². The van der Waals surface area contributed by atoms with Crippen LogP contribution < -0.4 is 5.32 Å². The molecule has 0 aromatic heterocycles.